The zero-order chi connectivity index (χ0) is 22.0. The summed E-state index contributed by atoms with van der Waals surface area (Å²) >= 11 is 0. The highest BCUT2D eigenvalue weighted by atomic mass is 16.5. The van der Waals surface area contributed by atoms with Crippen LogP contribution in [0.4, 0.5) is 0 Å². The first-order chi connectivity index (χ1) is 15.0. The van der Waals surface area contributed by atoms with E-state index in [1.54, 1.807) is 30.3 Å². The van der Waals surface area contributed by atoms with Gasteiger partial charge in [0.15, 0.2) is 17.7 Å². The summed E-state index contributed by atoms with van der Waals surface area (Å²) in [5.41, 5.74) is 1.60. The fraction of sp³-hybridized carbons (Fsp3) is 0.318. The zero-order valence-electron chi connectivity index (χ0n) is 17.5. The Bertz CT molecular complexity index is 1110. The van der Waals surface area contributed by atoms with Crippen molar-refractivity contribution in [1.82, 2.24) is 10.3 Å². The van der Waals surface area contributed by atoms with Crippen molar-refractivity contribution < 1.29 is 28.5 Å². The van der Waals surface area contributed by atoms with Crippen LogP contribution in [-0.4, -0.2) is 45.4 Å². The SMILES string of the molecule is COc1cc(-c2cc3c(ccc[n+]3[O-])c(OCC3CNC(=O)C3)n2)cc(OC)c1OC. The van der Waals surface area contributed by atoms with Gasteiger partial charge in [0.25, 0.3) is 0 Å². The van der Waals surface area contributed by atoms with Crippen LogP contribution in [0.1, 0.15) is 6.42 Å². The molecule has 4 rings (SSSR count). The van der Waals surface area contributed by atoms with Crippen LogP contribution in [0.5, 0.6) is 23.1 Å². The van der Waals surface area contributed by atoms with E-state index < -0.39 is 0 Å². The van der Waals surface area contributed by atoms with Crippen molar-refractivity contribution in [2.45, 2.75) is 6.42 Å². The molecule has 9 heteroatoms. The van der Waals surface area contributed by atoms with E-state index in [0.29, 0.717) is 64.9 Å². The van der Waals surface area contributed by atoms with E-state index in [4.69, 9.17) is 18.9 Å². The molecule has 0 bridgehead atoms. The summed E-state index contributed by atoms with van der Waals surface area (Å²) in [5.74, 6) is 1.79. The smallest absolute Gasteiger partial charge is 0.231 e. The molecule has 1 aliphatic rings. The summed E-state index contributed by atoms with van der Waals surface area (Å²) in [4.78, 5) is 16.1. The molecule has 1 saturated heterocycles. The van der Waals surface area contributed by atoms with Crippen LogP contribution < -0.4 is 29.0 Å². The zero-order valence-corrected chi connectivity index (χ0v) is 17.5. The molecular formula is C22H23N3O6. The average Bonchev–Trinajstić information content (AvgIpc) is 3.21. The molecule has 1 amide bonds. The van der Waals surface area contributed by atoms with E-state index in [1.165, 1.54) is 27.5 Å². The molecule has 0 radical (unpaired) electrons. The molecule has 2 aromatic heterocycles. The third kappa shape index (κ3) is 3.98. The topological polar surface area (TPSA) is 106 Å². The van der Waals surface area contributed by atoms with Gasteiger partial charge in [0, 0.05) is 36.6 Å². The molecular weight excluding hydrogens is 402 g/mol. The lowest BCUT2D eigenvalue weighted by Crippen LogP contribution is -2.26. The van der Waals surface area contributed by atoms with Gasteiger partial charge in [-0.3, -0.25) is 4.79 Å². The highest BCUT2D eigenvalue weighted by molar-refractivity contribution is 5.85. The maximum absolute atomic E-state index is 12.5. The highest BCUT2D eigenvalue weighted by Crippen LogP contribution is 2.41. The van der Waals surface area contributed by atoms with E-state index in [-0.39, 0.29) is 11.8 Å². The summed E-state index contributed by atoms with van der Waals surface area (Å²) in [7, 11) is 4.60. The van der Waals surface area contributed by atoms with Gasteiger partial charge in [0.2, 0.25) is 23.1 Å². The standard InChI is InChI=1S/C22H23N3O6/c1-28-18-8-14(9-19(29-2)21(18)30-3)16-10-17-15(5-4-6-25(17)27)22(24-16)31-12-13-7-20(26)23-11-13/h4-6,8-10,13H,7,11-12H2,1-3H3,(H,23,26). The second-order valence-electron chi connectivity index (χ2n) is 7.18. The lowest BCUT2D eigenvalue weighted by molar-refractivity contribution is -0.577. The van der Waals surface area contributed by atoms with Crippen molar-refractivity contribution in [3.63, 3.8) is 0 Å². The molecule has 3 heterocycles. The minimum absolute atomic E-state index is 0.00925. The molecule has 0 aliphatic carbocycles. The van der Waals surface area contributed by atoms with E-state index in [2.05, 4.69) is 10.3 Å². The molecule has 3 aromatic rings. The van der Waals surface area contributed by atoms with Crippen LogP contribution in [-0.2, 0) is 4.79 Å². The Balaban J connectivity index is 1.79. The number of carbonyl (C=O) groups is 1. The third-order valence-corrected chi connectivity index (χ3v) is 5.20. The molecule has 1 unspecified atom stereocenters. The lowest BCUT2D eigenvalue weighted by atomic mass is 10.1. The van der Waals surface area contributed by atoms with Crippen LogP contribution >= 0.6 is 0 Å². The monoisotopic (exact) mass is 425 g/mol. The largest absolute Gasteiger partial charge is 0.618 e. The van der Waals surface area contributed by atoms with Crippen LogP contribution in [0.25, 0.3) is 22.2 Å². The number of benzene rings is 1. The Morgan fingerprint density at radius 3 is 2.52 bits per heavy atom. The molecule has 1 aliphatic heterocycles. The Morgan fingerprint density at radius 1 is 1.16 bits per heavy atom. The number of amides is 1. The third-order valence-electron chi connectivity index (χ3n) is 5.20. The first-order valence-electron chi connectivity index (χ1n) is 9.76. The number of nitrogens with zero attached hydrogens (tertiary/aromatic N) is 2. The number of methoxy groups -OCH3 is 3. The van der Waals surface area contributed by atoms with Crippen molar-refractivity contribution in [1.29, 1.82) is 0 Å². The minimum Gasteiger partial charge on any atom is -0.618 e. The Labute approximate surface area is 179 Å². The van der Waals surface area contributed by atoms with E-state index in [0.717, 1.165) is 4.73 Å². The van der Waals surface area contributed by atoms with Crippen molar-refractivity contribution >= 4 is 16.8 Å². The van der Waals surface area contributed by atoms with Crippen molar-refractivity contribution in [3.05, 3.63) is 41.7 Å². The minimum atomic E-state index is 0.00925. The van der Waals surface area contributed by atoms with Gasteiger partial charge >= 0.3 is 0 Å². The van der Waals surface area contributed by atoms with Crippen LogP contribution in [0.15, 0.2) is 36.5 Å². The fourth-order valence-corrected chi connectivity index (χ4v) is 3.62. The summed E-state index contributed by atoms with van der Waals surface area (Å²) in [5, 5.41) is 15.9. The molecule has 0 spiro atoms. The highest BCUT2D eigenvalue weighted by Gasteiger charge is 2.24. The summed E-state index contributed by atoms with van der Waals surface area (Å²) in [6.07, 6.45) is 1.83. The van der Waals surface area contributed by atoms with E-state index in [1.807, 2.05) is 0 Å². The predicted molar refractivity (Wildman–Crippen MR) is 112 cm³/mol. The maximum Gasteiger partial charge on any atom is 0.231 e. The van der Waals surface area contributed by atoms with Crippen molar-refractivity contribution in [2.24, 2.45) is 5.92 Å². The van der Waals surface area contributed by atoms with Crippen LogP contribution in [0.3, 0.4) is 0 Å². The number of pyridine rings is 2. The molecule has 9 nitrogen and oxygen atoms in total. The van der Waals surface area contributed by atoms with Gasteiger partial charge in [0.05, 0.1) is 33.6 Å². The molecule has 1 fully saturated rings. The second kappa shape index (κ2) is 8.55. The van der Waals surface area contributed by atoms with Crippen molar-refractivity contribution in [3.8, 4) is 34.4 Å². The number of ether oxygens (including phenoxy) is 4. The number of nitrogens with one attached hydrogen (secondary N) is 1. The Hall–Kier alpha value is -3.75. The van der Waals surface area contributed by atoms with E-state index >= 15 is 0 Å². The van der Waals surface area contributed by atoms with E-state index in [9.17, 15) is 10.0 Å². The van der Waals surface area contributed by atoms with Gasteiger partial charge in [-0.2, -0.15) is 4.73 Å². The summed E-state index contributed by atoms with van der Waals surface area (Å²) < 4.78 is 23.0. The number of carbonyl (C=O) groups excluding carboxylic acids is 1. The summed E-state index contributed by atoms with van der Waals surface area (Å²) in [6.45, 7) is 0.873. The Kier molecular flexibility index (Phi) is 5.66. The molecule has 0 saturated carbocycles. The fourth-order valence-electron chi connectivity index (χ4n) is 3.62. The van der Waals surface area contributed by atoms with Gasteiger partial charge in [-0.25, -0.2) is 4.98 Å². The molecule has 1 aromatic carbocycles. The van der Waals surface area contributed by atoms with Crippen LogP contribution in [0.2, 0.25) is 0 Å². The lowest BCUT2D eigenvalue weighted by Gasteiger charge is -2.15. The quantitative estimate of drug-likeness (QED) is 0.456. The normalized spacial score (nSPS) is 15.6. The number of rotatable bonds is 7. The van der Waals surface area contributed by atoms with Crippen LogP contribution in [0, 0.1) is 11.1 Å². The number of aromatic nitrogens is 2. The van der Waals surface area contributed by atoms with Gasteiger partial charge in [-0.05, 0) is 18.2 Å². The number of fused-ring (bicyclic) bond motifs is 1. The van der Waals surface area contributed by atoms with Gasteiger partial charge in [0.1, 0.15) is 5.39 Å². The predicted octanol–water partition coefficient (Wildman–Crippen LogP) is 2.08. The first-order valence-corrected chi connectivity index (χ1v) is 9.76. The van der Waals surface area contributed by atoms with Gasteiger partial charge in [-0.1, -0.05) is 0 Å². The number of hydrogen-bond acceptors (Lipinski definition) is 7. The Morgan fingerprint density at radius 2 is 1.90 bits per heavy atom. The molecule has 31 heavy (non-hydrogen) atoms. The van der Waals surface area contributed by atoms with Crippen molar-refractivity contribution in [2.75, 3.05) is 34.5 Å². The second-order valence-corrected chi connectivity index (χ2v) is 7.18. The molecule has 1 atom stereocenters. The van der Waals surface area contributed by atoms with Gasteiger partial charge < -0.3 is 29.5 Å². The van der Waals surface area contributed by atoms with Gasteiger partial charge in [-0.15, -0.1) is 0 Å². The number of hydrogen-bond donors (Lipinski definition) is 1. The summed E-state index contributed by atoms with van der Waals surface area (Å²) in [6, 6.07) is 8.64. The molecule has 162 valence electrons. The first kappa shape index (κ1) is 20.5. The maximum atomic E-state index is 12.5. The average molecular weight is 425 g/mol. The molecule has 1 N–H and O–H groups in total.